The highest BCUT2D eigenvalue weighted by molar-refractivity contribution is 9.10. The Morgan fingerprint density at radius 2 is 2.17 bits per heavy atom. The number of rotatable bonds is 0. The number of halogens is 1. The molecule has 0 amide bonds. The zero-order valence-corrected chi connectivity index (χ0v) is 8.59. The Morgan fingerprint density at radius 1 is 1.42 bits per heavy atom. The normalized spacial score (nSPS) is 10.9. The molecule has 0 aliphatic carbocycles. The summed E-state index contributed by atoms with van der Waals surface area (Å²) in [5.74, 6) is 0. The van der Waals surface area contributed by atoms with Crippen molar-refractivity contribution in [3.05, 3.63) is 34.2 Å². The van der Waals surface area contributed by atoms with Gasteiger partial charge in [0, 0.05) is 6.20 Å². The molecule has 0 saturated heterocycles. The van der Waals surface area contributed by atoms with Crippen LogP contribution in [0.15, 0.2) is 22.9 Å². The largest absolute Gasteiger partial charge is 0.303 e. The van der Waals surface area contributed by atoms with Crippen LogP contribution in [0, 0.1) is 13.8 Å². The van der Waals surface area contributed by atoms with Gasteiger partial charge in [-0.1, -0.05) is 0 Å². The molecule has 0 N–H and O–H groups in total. The van der Waals surface area contributed by atoms with Crippen LogP contribution in [-0.2, 0) is 0 Å². The number of imidazole rings is 1. The number of pyridine rings is 1. The van der Waals surface area contributed by atoms with Gasteiger partial charge in [0.25, 0.3) is 0 Å². The van der Waals surface area contributed by atoms with Crippen molar-refractivity contribution in [1.82, 2.24) is 9.38 Å². The van der Waals surface area contributed by atoms with E-state index in [0.29, 0.717) is 0 Å². The maximum atomic E-state index is 4.35. The topological polar surface area (TPSA) is 17.3 Å². The number of nitrogens with zero attached hydrogens (tertiary/aromatic N) is 2. The lowest BCUT2D eigenvalue weighted by Crippen LogP contribution is -1.86. The molecule has 0 fully saturated rings. The van der Waals surface area contributed by atoms with E-state index < -0.39 is 0 Å². The molecule has 0 saturated carbocycles. The van der Waals surface area contributed by atoms with Crippen molar-refractivity contribution in [2.24, 2.45) is 0 Å². The van der Waals surface area contributed by atoms with Crippen molar-refractivity contribution in [1.29, 1.82) is 0 Å². The molecule has 62 valence electrons. The molecule has 2 rings (SSSR count). The highest BCUT2D eigenvalue weighted by Gasteiger charge is 2.03. The second-order valence-corrected chi connectivity index (χ2v) is 3.67. The first-order chi connectivity index (χ1) is 5.68. The Morgan fingerprint density at radius 3 is 2.92 bits per heavy atom. The Balaban J connectivity index is 2.87. The van der Waals surface area contributed by atoms with Gasteiger partial charge in [0.15, 0.2) is 0 Å². The van der Waals surface area contributed by atoms with Gasteiger partial charge in [-0.3, -0.25) is 0 Å². The van der Waals surface area contributed by atoms with E-state index in [1.807, 2.05) is 13.1 Å². The van der Waals surface area contributed by atoms with Crippen LogP contribution in [0.1, 0.15) is 11.3 Å². The predicted octanol–water partition coefficient (Wildman–Crippen LogP) is 2.71. The minimum atomic E-state index is 0.924. The van der Waals surface area contributed by atoms with E-state index in [2.05, 4.69) is 44.4 Å². The number of hydrogen-bond donors (Lipinski definition) is 0. The fourth-order valence-electron chi connectivity index (χ4n) is 1.24. The van der Waals surface area contributed by atoms with E-state index in [4.69, 9.17) is 0 Å². The standard InChI is InChI=1S/C9H9BrN2/c1-6-3-4-12-7(2)9(10)11-8(12)5-6/h3-5H,1-2H3. The first-order valence-electron chi connectivity index (χ1n) is 3.79. The second-order valence-electron chi connectivity index (χ2n) is 2.92. The maximum Gasteiger partial charge on any atom is 0.138 e. The van der Waals surface area contributed by atoms with Crippen LogP contribution < -0.4 is 0 Å². The Kier molecular flexibility index (Phi) is 1.68. The minimum Gasteiger partial charge on any atom is -0.303 e. The van der Waals surface area contributed by atoms with E-state index >= 15 is 0 Å². The summed E-state index contributed by atoms with van der Waals surface area (Å²) in [5.41, 5.74) is 3.38. The number of fused-ring (bicyclic) bond motifs is 1. The molecule has 0 aromatic carbocycles. The van der Waals surface area contributed by atoms with Crippen molar-refractivity contribution in [2.45, 2.75) is 13.8 Å². The van der Waals surface area contributed by atoms with Gasteiger partial charge in [-0.2, -0.15) is 0 Å². The van der Waals surface area contributed by atoms with Crippen LogP contribution in [0.3, 0.4) is 0 Å². The number of aryl methyl sites for hydroxylation is 2. The Labute approximate surface area is 79.4 Å². The zero-order valence-electron chi connectivity index (χ0n) is 7.00. The van der Waals surface area contributed by atoms with Crippen LogP contribution >= 0.6 is 15.9 Å². The number of hydrogen-bond acceptors (Lipinski definition) is 1. The van der Waals surface area contributed by atoms with Gasteiger partial charge in [-0.25, -0.2) is 4.98 Å². The quantitative estimate of drug-likeness (QED) is 0.673. The van der Waals surface area contributed by atoms with Gasteiger partial charge in [-0.15, -0.1) is 0 Å². The van der Waals surface area contributed by atoms with E-state index in [1.54, 1.807) is 0 Å². The molecule has 0 aliphatic heterocycles. The first kappa shape index (κ1) is 7.80. The van der Waals surface area contributed by atoms with Gasteiger partial charge >= 0.3 is 0 Å². The molecule has 0 spiro atoms. The van der Waals surface area contributed by atoms with E-state index in [1.165, 1.54) is 5.56 Å². The molecular formula is C9H9BrN2. The van der Waals surface area contributed by atoms with Crippen LogP contribution in [0.2, 0.25) is 0 Å². The highest BCUT2D eigenvalue weighted by Crippen LogP contribution is 2.17. The lowest BCUT2D eigenvalue weighted by molar-refractivity contribution is 1.10. The summed E-state index contributed by atoms with van der Waals surface area (Å²) < 4.78 is 2.99. The summed E-state index contributed by atoms with van der Waals surface area (Å²) >= 11 is 3.40. The Bertz CT molecular complexity index is 431. The molecule has 0 atom stereocenters. The van der Waals surface area contributed by atoms with E-state index in [-0.39, 0.29) is 0 Å². The van der Waals surface area contributed by atoms with Gasteiger partial charge in [0.05, 0.1) is 5.69 Å². The highest BCUT2D eigenvalue weighted by atomic mass is 79.9. The van der Waals surface area contributed by atoms with Gasteiger partial charge in [0.1, 0.15) is 10.3 Å². The molecule has 0 bridgehead atoms. The second kappa shape index (κ2) is 2.59. The lowest BCUT2D eigenvalue weighted by Gasteiger charge is -1.95. The summed E-state index contributed by atoms with van der Waals surface area (Å²) in [4.78, 5) is 4.35. The Hall–Kier alpha value is -0.830. The molecule has 0 unspecified atom stereocenters. The van der Waals surface area contributed by atoms with Crippen LogP contribution in [0.5, 0.6) is 0 Å². The third-order valence-electron chi connectivity index (χ3n) is 1.96. The summed E-state index contributed by atoms with van der Waals surface area (Å²) in [6.45, 7) is 4.11. The smallest absolute Gasteiger partial charge is 0.138 e. The number of aromatic nitrogens is 2. The molecular weight excluding hydrogens is 216 g/mol. The SMILES string of the molecule is Cc1ccn2c(C)c(Br)nc2c1. The monoisotopic (exact) mass is 224 g/mol. The van der Waals surface area contributed by atoms with Crippen molar-refractivity contribution < 1.29 is 0 Å². The molecule has 0 aliphatic rings. The third kappa shape index (κ3) is 1.05. The fourth-order valence-corrected chi connectivity index (χ4v) is 1.61. The van der Waals surface area contributed by atoms with E-state index in [0.717, 1.165) is 15.9 Å². The average molecular weight is 225 g/mol. The van der Waals surface area contributed by atoms with Gasteiger partial charge in [0.2, 0.25) is 0 Å². The summed E-state index contributed by atoms with van der Waals surface area (Å²) in [7, 11) is 0. The molecule has 0 radical (unpaired) electrons. The van der Waals surface area contributed by atoms with E-state index in [9.17, 15) is 0 Å². The molecule has 2 aromatic heterocycles. The molecule has 12 heavy (non-hydrogen) atoms. The maximum absolute atomic E-state index is 4.35. The molecule has 2 heterocycles. The minimum absolute atomic E-state index is 0.924. The van der Waals surface area contributed by atoms with Crippen molar-refractivity contribution in [3.8, 4) is 0 Å². The summed E-state index contributed by atoms with van der Waals surface area (Å²) in [6, 6.07) is 4.14. The van der Waals surface area contributed by atoms with Crippen molar-refractivity contribution in [2.75, 3.05) is 0 Å². The molecule has 2 aromatic rings. The zero-order chi connectivity index (χ0) is 8.72. The van der Waals surface area contributed by atoms with Crippen LogP contribution in [0.4, 0.5) is 0 Å². The van der Waals surface area contributed by atoms with Crippen LogP contribution in [0.25, 0.3) is 5.65 Å². The van der Waals surface area contributed by atoms with Crippen molar-refractivity contribution >= 4 is 21.6 Å². The summed E-state index contributed by atoms with van der Waals surface area (Å²) in [6.07, 6.45) is 2.04. The fraction of sp³-hybridized carbons (Fsp3) is 0.222. The van der Waals surface area contributed by atoms with Crippen molar-refractivity contribution in [3.63, 3.8) is 0 Å². The average Bonchev–Trinajstić information content (AvgIpc) is 2.28. The lowest BCUT2D eigenvalue weighted by atomic mass is 10.3. The molecule has 3 heteroatoms. The predicted molar refractivity (Wildman–Crippen MR) is 52.4 cm³/mol. The van der Waals surface area contributed by atoms with Gasteiger partial charge in [-0.05, 0) is 47.5 Å². The van der Waals surface area contributed by atoms with Gasteiger partial charge < -0.3 is 4.40 Å². The third-order valence-corrected chi connectivity index (χ3v) is 2.71. The molecule has 2 nitrogen and oxygen atoms in total. The van der Waals surface area contributed by atoms with Crippen LogP contribution in [-0.4, -0.2) is 9.38 Å². The first-order valence-corrected chi connectivity index (χ1v) is 4.58. The summed E-state index contributed by atoms with van der Waals surface area (Å²) in [5, 5.41) is 0.